The maximum Gasteiger partial charge on any atom is 0.103 e. The molecule has 1 aliphatic heterocycles. The Morgan fingerprint density at radius 1 is 0.902 bits per heavy atom. The maximum absolute atomic E-state index is 9.84. The minimum atomic E-state index is 0.484. The van der Waals surface area contributed by atoms with Crippen LogP contribution in [0.3, 0.4) is 0 Å². The molecular formula is C34H30ClN5S. The topological polar surface area (TPSA) is 55.2 Å². The van der Waals surface area contributed by atoms with Crippen molar-refractivity contribution in [1.29, 1.82) is 5.26 Å². The van der Waals surface area contributed by atoms with Crippen molar-refractivity contribution in [1.82, 2.24) is 14.8 Å². The lowest BCUT2D eigenvalue weighted by Gasteiger charge is -2.32. The summed E-state index contributed by atoms with van der Waals surface area (Å²) < 4.78 is 0. The molecule has 0 radical (unpaired) electrons. The summed E-state index contributed by atoms with van der Waals surface area (Å²) in [5, 5.41) is 14.8. The van der Waals surface area contributed by atoms with E-state index in [1.807, 2.05) is 42.5 Å². The van der Waals surface area contributed by atoms with Gasteiger partial charge in [-0.25, -0.2) is 0 Å². The molecule has 0 aliphatic carbocycles. The Morgan fingerprint density at radius 3 is 2.39 bits per heavy atom. The quantitative estimate of drug-likeness (QED) is 0.212. The van der Waals surface area contributed by atoms with Gasteiger partial charge in [0.05, 0.1) is 21.8 Å². The molecule has 204 valence electrons. The van der Waals surface area contributed by atoms with E-state index in [4.69, 9.17) is 11.6 Å². The first-order valence-corrected chi connectivity index (χ1v) is 14.9. The molecule has 5 nitrogen and oxygen atoms in total. The summed E-state index contributed by atoms with van der Waals surface area (Å²) in [7, 11) is 2.18. The van der Waals surface area contributed by atoms with Gasteiger partial charge in [0.15, 0.2) is 0 Å². The zero-order valence-electron chi connectivity index (χ0n) is 22.8. The number of benzene rings is 4. The number of fused-ring (bicyclic) bond motifs is 1. The van der Waals surface area contributed by atoms with Gasteiger partial charge in [0, 0.05) is 59.8 Å². The number of nitrogens with zero attached hydrogens (tertiary/aromatic N) is 4. The molecule has 1 aromatic heterocycles. The summed E-state index contributed by atoms with van der Waals surface area (Å²) in [6, 6.07) is 33.4. The highest BCUT2D eigenvalue weighted by atomic mass is 35.5. The second-order valence-corrected chi connectivity index (χ2v) is 11.9. The predicted molar refractivity (Wildman–Crippen MR) is 170 cm³/mol. The fraction of sp³-hybridized carbons (Fsp3) is 0.176. The number of nitrogens with one attached hydrogen (secondary N) is 1. The lowest BCUT2D eigenvalue weighted by molar-refractivity contribution is 0.148. The minimum Gasteiger partial charge on any atom is -0.354 e. The van der Waals surface area contributed by atoms with Crippen LogP contribution < -0.4 is 5.32 Å². The van der Waals surface area contributed by atoms with Gasteiger partial charge < -0.3 is 10.2 Å². The minimum absolute atomic E-state index is 0.484. The molecule has 0 amide bonds. The lowest BCUT2D eigenvalue weighted by Crippen LogP contribution is -2.43. The molecule has 41 heavy (non-hydrogen) atoms. The van der Waals surface area contributed by atoms with Gasteiger partial charge in [0.25, 0.3) is 0 Å². The van der Waals surface area contributed by atoms with Crippen molar-refractivity contribution in [2.24, 2.45) is 0 Å². The Bertz CT molecular complexity index is 1710. The Hall–Kier alpha value is -3.86. The smallest absolute Gasteiger partial charge is 0.103 e. The molecule has 1 aliphatic rings. The van der Waals surface area contributed by atoms with Crippen molar-refractivity contribution in [2.45, 2.75) is 16.3 Å². The number of halogens is 1. The number of anilines is 2. The van der Waals surface area contributed by atoms with Gasteiger partial charge in [-0.3, -0.25) is 9.88 Å². The van der Waals surface area contributed by atoms with E-state index in [-0.39, 0.29) is 0 Å². The van der Waals surface area contributed by atoms with Gasteiger partial charge in [-0.15, -0.1) is 0 Å². The monoisotopic (exact) mass is 575 g/mol. The fourth-order valence-electron chi connectivity index (χ4n) is 5.08. The molecule has 0 saturated carbocycles. The standard InChI is InChI=1S/C34H30ClN5S/c1-39-15-17-40(18-16-39)23-24-7-9-25(10-8-24)26-11-13-30-32(19-26)37-22-27(21-36)34(30)38-28-12-14-33(31(35)20-28)41-29-5-3-2-4-6-29/h2-14,19-20,22H,15-18,23H2,1H3,(H,37,38). The van der Waals surface area contributed by atoms with Crippen LogP contribution in [0.15, 0.2) is 107 Å². The molecule has 6 rings (SSSR count). The Labute approximate surface area is 250 Å². The second kappa shape index (κ2) is 12.3. The maximum atomic E-state index is 9.84. The van der Waals surface area contributed by atoms with Crippen LogP contribution >= 0.6 is 23.4 Å². The van der Waals surface area contributed by atoms with Gasteiger partial charge in [-0.1, -0.05) is 78.0 Å². The molecule has 1 N–H and O–H groups in total. The number of hydrogen-bond donors (Lipinski definition) is 1. The molecule has 5 aromatic rings. The van der Waals surface area contributed by atoms with Gasteiger partial charge in [-0.2, -0.15) is 5.26 Å². The van der Waals surface area contributed by atoms with E-state index >= 15 is 0 Å². The highest BCUT2D eigenvalue weighted by molar-refractivity contribution is 7.99. The van der Waals surface area contributed by atoms with E-state index in [1.54, 1.807) is 18.0 Å². The van der Waals surface area contributed by atoms with Crippen LogP contribution in [-0.4, -0.2) is 48.0 Å². The first kappa shape index (κ1) is 27.3. The first-order valence-electron chi connectivity index (χ1n) is 13.7. The third-order valence-corrected chi connectivity index (χ3v) is 8.96. The molecule has 0 bridgehead atoms. The van der Waals surface area contributed by atoms with Crippen molar-refractivity contribution in [3.8, 4) is 17.2 Å². The molecule has 4 aromatic carbocycles. The van der Waals surface area contributed by atoms with Gasteiger partial charge in [0.2, 0.25) is 0 Å². The van der Waals surface area contributed by atoms with Gasteiger partial charge >= 0.3 is 0 Å². The number of aromatic nitrogens is 1. The number of hydrogen-bond acceptors (Lipinski definition) is 6. The normalized spacial score (nSPS) is 14.2. The van der Waals surface area contributed by atoms with E-state index in [9.17, 15) is 5.26 Å². The van der Waals surface area contributed by atoms with Gasteiger partial charge in [0.1, 0.15) is 6.07 Å². The highest BCUT2D eigenvalue weighted by Crippen LogP contribution is 2.37. The average Bonchev–Trinajstić information content (AvgIpc) is 3.00. The predicted octanol–water partition coefficient (Wildman–Crippen LogP) is 8.07. The number of likely N-dealkylation sites (N-methyl/N-ethyl adjacent to an activating group) is 1. The molecule has 1 fully saturated rings. The van der Waals surface area contributed by atoms with Crippen LogP contribution in [0.2, 0.25) is 5.02 Å². The molecule has 0 atom stereocenters. The van der Waals surface area contributed by atoms with Crippen LogP contribution in [0.1, 0.15) is 11.1 Å². The van der Waals surface area contributed by atoms with Crippen molar-refractivity contribution in [3.05, 3.63) is 113 Å². The summed E-state index contributed by atoms with van der Waals surface area (Å²) in [5.74, 6) is 0. The number of piperazine rings is 1. The molecule has 7 heteroatoms. The largest absolute Gasteiger partial charge is 0.354 e. The second-order valence-electron chi connectivity index (χ2n) is 10.4. The van der Waals surface area contributed by atoms with Crippen LogP contribution in [0, 0.1) is 11.3 Å². The van der Waals surface area contributed by atoms with Crippen LogP contribution in [0.5, 0.6) is 0 Å². The number of pyridine rings is 1. The third kappa shape index (κ3) is 6.40. The third-order valence-electron chi connectivity index (χ3n) is 7.45. The Balaban J connectivity index is 1.22. The van der Waals surface area contributed by atoms with E-state index in [1.165, 1.54) is 5.56 Å². The van der Waals surface area contributed by atoms with E-state index in [0.717, 1.165) is 75.9 Å². The summed E-state index contributed by atoms with van der Waals surface area (Å²) >= 11 is 8.28. The van der Waals surface area contributed by atoms with Crippen molar-refractivity contribution < 1.29 is 0 Å². The Morgan fingerprint density at radius 2 is 1.66 bits per heavy atom. The molecule has 0 spiro atoms. The summed E-state index contributed by atoms with van der Waals surface area (Å²) in [6.45, 7) is 5.45. The lowest BCUT2D eigenvalue weighted by atomic mass is 10.0. The number of rotatable bonds is 7. The molecule has 0 unspecified atom stereocenters. The SMILES string of the molecule is CN1CCN(Cc2ccc(-c3ccc4c(Nc5ccc(Sc6ccccc6)c(Cl)c5)c(C#N)cnc4c3)cc2)CC1. The summed E-state index contributed by atoms with van der Waals surface area (Å²) in [4.78, 5) is 11.6. The molecular weight excluding hydrogens is 546 g/mol. The summed E-state index contributed by atoms with van der Waals surface area (Å²) in [5.41, 5.74) is 6.42. The zero-order valence-corrected chi connectivity index (χ0v) is 24.4. The zero-order chi connectivity index (χ0) is 28.2. The van der Waals surface area contributed by atoms with Crippen LogP contribution in [0.4, 0.5) is 11.4 Å². The van der Waals surface area contributed by atoms with E-state index in [0.29, 0.717) is 10.6 Å². The Kier molecular flexibility index (Phi) is 8.22. The fourth-order valence-corrected chi connectivity index (χ4v) is 6.22. The van der Waals surface area contributed by atoms with Crippen LogP contribution in [0.25, 0.3) is 22.0 Å². The molecule has 2 heterocycles. The first-order chi connectivity index (χ1) is 20.1. The molecule has 1 saturated heterocycles. The summed E-state index contributed by atoms with van der Waals surface area (Å²) in [6.07, 6.45) is 1.63. The van der Waals surface area contributed by atoms with Crippen LogP contribution in [-0.2, 0) is 6.54 Å². The average molecular weight is 576 g/mol. The van der Waals surface area contributed by atoms with Crippen molar-refractivity contribution in [3.63, 3.8) is 0 Å². The van der Waals surface area contributed by atoms with E-state index < -0.39 is 0 Å². The highest BCUT2D eigenvalue weighted by Gasteiger charge is 2.15. The van der Waals surface area contributed by atoms with Crippen molar-refractivity contribution >= 4 is 45.6 Å². The van der Waals surface area contributed by atoms with Crippen molar-refractivity contribution in [2.75, 3.05) is 38.5 Å². The van der Waals surface area contributed by atoms with Gasteiger partial charge in [-0.05, 0) is 60.1 Å². The number of nitriles is 1. The van der Waals surface area contributed by atoms with E-state index in [2.05, 4.69) is 81.7 Å².